The molecule has 0 heterocycles. The van der Waals surface area contributed by atoms with Crippen molar-refractivity contribution < 1.29 is 4.79 Å². The molecule has 0 saturated heterocycles. The van der Waals surface area contributed by atoms with E-state index >= 15 is 0 Å². The van der Waals surface area contributed by atoms with Gasteiger partial charge in [-0.1, -0.05) is 20.8 Å². The van der Waals surface area contributed by atoms with Gasteiger partial charge < -0.3 is 11.1 Å². The average Bonchev–Trinajstić information content (AvgIpc) is 2.02. The molecule has 0 fully saturated rings. The summed E-state index contributed by atoms with van der Waals surface area (Å²) in [7, 11) is 0. The van der Waals surface area contributed by atoms with Crippen LogP contribution >= 0.6 is 0 Å². The molecule has 0 aliphatic carbocycles. The lowest BCUT2D eigenvalue weighted by molar-refractivity contribution is -0.124. The zero-order valence-electron chi connectivity index (χ0n) is 10.1. The van der Waals surface area contributed by atoms with Crippen LogP contribution in [0.4, 0.5) is 0 Å². The lowest BCUT2D eigenvalue weighted by Crippen LogP contribution is -2.50. The predicted molar refractivity (Wildman–Crippen MR) is 59.9 cm³/mol. The van der Waals surface area contributed by atoms with E-state index < -0.39 is 0 Å². The topological polar surface area (TPSA) is 55.1 Å². The molecule has 0 aliphatic rings. The Labute approximate surface area is 87.4 Å². The Kier molecular flexibility index (Phi) is 5.13. The summed E-state index contributed by atoms with van der Waals surface area (Å²) < 4.78 is 0. The first kappa shape index (κ1) is 13.4. The third-order valence-electron chi connectivity index (χ3n) is 2.41. The first-order valence-electron chi connectivity index (χ1n) is 5.36. The second-order valence-corrected chi connectivity index (χ2v) is 4.96. The minimum Gasteiger partial charge on any atom is -0.350 e. The van der Waals surface area contributed by atoms with Gasteiger partial charge in [0.15, 0.2) is 0 Å². The second kappa shape index (κ2) is 5.35. The highest BCUT2D eigenvalue weighted by Gasteiger charge is 2.22. The van der Waals surface area contributed by atoms with Crippen LogP contribution in [0.2, 0.25) is 0 Å². The fourth-order valence-electron chi connectivity index (χ4n) is 1.13. The molecule has 0 unspecified atom stereocenters. The third kappa shape index (κ3) is 5.22. The number of nitrogens with one attached hydrogen (secondary N) is 1. The van der Waals surface area contributed by atoms with Gasteiger partial charge in [0.05, 0.1) is 6.04 Å². The van der Waals surface area contributed by atoms with Gasteiger partial charge in [0.1, 0.15) is 0 Å². The van der Waals surface area contributed by atoms with Crippen LogP contribution in [0.3, 0.4) is 0 Å². The Morgan fingerprint density at radius 3 is 2.29 bits per heavy atom. The van der Waals surface area contributed by atoms with Crippen LogP contribution < -0.4 is 11.1 Å². The Morgan fingerprint density at radius 2 is 1.93 bits per heavy atom. The molecule has 0 radical (unpaired) electrons. The van der Waals surface area contributed by atoms with Crippen molar-refractivity contribution >= 4 is 5.91 Å². The highest BCUT2D eigenvalue weighted by molar-refractivity contribution is 5.82. The smallest absolute Gasteiger partial charge is 0.237 e. The second-order valence-electron chi connectivity index (χ2n) is 4.96. The molecule has 0 rings (SSSR count). The molecule has 14 heavy (non-hydrogen) atoms. The number of rotatable bonds is 5. The van der Waals surface area contributed by atoms with Gasteiger partial charge in [-0.3, -0.25) is 4.79 Å². The van der Waals surface area contributed by atoms with Crippen molar-refractivity contribution in [1.82, 2.24) is 5.32 Å². The van der Waals surface area contributed by atoms with Crippen LogP contribution in [0, 0.1) is 5.92 Å². The summed E-state index contributed by atoms with van der Waals surface area (Å²) in [5, 5.41) is 2.95. The minimum atomic E-state index is -0.374. The van der Waals surface area contributed by atoms with E-state index in [9.17, 15) is 4.79 Å². The normalized spacial score (nSPS) is 14.2. The number of hydrogen-bond donors (Lipinski definition) is 2. The zero-order valence-corrected chi connectivity index (χ0v) is 10.1. The van der Waals surface area contributed by atoms with Crippen molar-refractivity contribution in [2.45, 2.75) is 59.0 Å². The standard InChI is InChI=1S/C11H24N2O/c1-6-11(4,5)13-10(14)9(12)7-8(2)3/h8-9H,6-7,12H2,1-5H3,(H,13,14)/t9-/m1/s1. The third-order valence-corrected chi connectivity index (χ3v) is 2.41. The van der Waals surface area contributed by atoms with Crippen LogP contribution in [0.25, 0.3) is 0 Å². The molecule has 0 aromatic carbocycles. The molecule has 3 N–H and O–H groups in total. The molecule has 0 aromatic rings. The van der Waals surface area contributed by atoms with Gasteiger partial charge in [-0.05, 0) is 32.6 Å². The molecule has 0 aromatic heterocycles. The maximum absolute atomic E-state index is 11.6. The van der Waals surface area contributed by atoms with E-state index in [1.54, 1.807) is 0 Å². The van der Waals surface area contributed by atoms with E-state index in [4.69, 9.17) is 5.73 Å². The van der Waals surface area contributed by atoms with E-state index in [-0.39, 0.29) is 17.5 Å². The summed E-state index contributed by atoms with van der Waals surface area (Å²) in [6.07, 6.45) is 1.65. The van der Waals surface area contributed by atoms with Gasteiger partial charge in [0.25, 0.3) is 0 Å². The van der Waals surface area contributed by atoms with Crippen molar-refractivity contribution in [3.8, 4) is 0 Å². The van der Waals surface area contributed by atoms with Gasteiger partial charge in [-0.25, -0.2) is 0 Å². The zero-order chi connectivity index (χ0) is 11.4. The van der Waals surface area contributed by atoms with E-state index in [1.807, 2.05) is 20.8 Å². The first-order chi connectivity index (χ1) is 6.28. The number of amides is 1. The SMILES string of the molecule is CCC(C)(C)NC(=O)[C@H](N)CC(C)C. The van der Waals surface area contributed by atoms with Crippen LogP contribution in [0.5, 0.6) is 0 Å². The molecule has 3 nitrogen and oxygen atoms in total. The fourth-order valence-corrected chi connectivity index (χ4v) is 1.13. The number of nitrogens with two attached hydrogens (primary N) is 1. The monoisotopic (exact) mass is 200 g/mol. The molecule has 0 spiro atoms. The summed E-state index contributed by atoms with van der Waals surface area (Å²) in [6, 6.07) is -0.374. The largest absolute Gasteiger partial charge is 0.350 e. The van der Waals surface area contributed by atoms with E-state index in [0.717, 1.165) is 12.8 Å². The summed E-state index contributed by atoms with van der Waals surface area (Å²) in [5.74, 6) is 0.422. The van der Waals surface area contributed by atoms with Crippen LogP contribution in [0.15, 0.2) is 0 Å². The van der Waals surface area contributed by atoms with E-state index in [2.05, 4.69) is 19.2 Å². The quantitative estimate of drug-likeness (QED) is 0.709. The van der Waals surface area contributed by atoms with Gasteiger partial charge in [-0.2, -0.15) is 0 Å². The molecule has 1 amide bonds. The Balaban J connectivity index is 4.08. The average molecular weight is 200 g/mol. The predicted octanol–water partition coefficient (Wildman–Crippen LogP) is 1.66. The molecule has 0 aliphatic heterocycles. The number of hydrogen-bond acceptors (Lipinski definition) is 2. The fraction of sp³-hybridized carbons (Fsp3) is 0.909. The molecule has 1 atom stereocenters. The van der Waals surface area contributed by atoms with Crippen molar-refractivity contribution in [2.24, 2.45) is 11.7 Å². The molecule has 3 heteroatoms. The molecular formula is C11H24N2O. The summed E-state index contributed by atoms with van der Waals surface area (Å²) >= 11 is 0. The van der Waals surface area contributed by atoms with Gasteiger partial charge >= 0.3 is 0 Å². The maximum Gasteiger partial charge on any atom is 0.237 e. The van der Waals surface area contributed by atoms with Gasteiger partial charge in [0, 0.05) is 5.54 Å². The van der Waals surface area contributed by atoms with Crippen molar-refractivity contribution in [3.05, 3.63) is 0 Å². The van der Waals surface area contributed by atoms with E-state index in [1.165, 1.54) is 0 Å². The lowest BCUT2D eigenvalue weighted by atomic mass is 9.99. The first-order valence-corrected chi connectivity index (χ1v) is 5.36. The van der Waals surface area contributed by atoms with Crippen molar-refractivity contribution in [2.75, 3.05) is 0 Å². The lowest BCUT2D eigenvalue weighted by Gasteiger charge is -2.26. The number of carbonyl (C=O) groups excluding carboxylic acids is 1. The highest BCUT2D eigenvalue weighted by Crippen LogP contribution is 2.09. The van der Waals surface area contributed by atoms with Crippen LogP contribution in [0.1, 0.15) is 47.5 Å². The van der Waals surface area contributed by atoms with Crippen LogP contribution in [-0.2, 0) is 4.79 Å². The summed E-state index contributed by atoms with van der Waals surface area (Å²) in [6.45, 7) is 10.2. The molecular weight excluding hydrogens is 176 g/mol. The van der Waals surface area contributed by atoms with Crippen LogP contribution in [-0.4, -0.2) is 17.5 Å². The molecule has 0 saturated carbocycles. The maximum atomic E-state index is 11.6. The van der Waals surface area contributed by atoms with Gasteiger partial charge in [-0.15, -0.1) is 0 Å². The van der Waals surface area contributed by atoms with Crippen molar-refractivity contribution in [1.29, 1.82) is 0 Å². The van der Waals surface area contributed by atoms with Crippen molar-refractivity contribution in [3.63, 3.8) is 0 Å². The Hall–Kier alpha value is -0.570. The highest BCUT2D eigenvalue weighted by atomic mass is 16.2. The molecule has 84 valence electrons. The summed E-state index contributed by atoms with van der Waals surface area (Å²) in [5.41, 5.74) is 5.62. The van der Waals surface area contributed by atoms with Gasteiger partial charge in [0.2, 0.25) is 5.91 Å². The Bertz CT molecular complexity index is 188. The molecule has 0 bridgehead atoms. The Morgan fingerprint density at radius 1 is 1.43 bits per heavy atom. The summed E-state index contributed by atoms with van der Waals surface area (Å²) in [4.78, 5) is 11.6. The van der Waals surface area contributed by atoms with E-state index in [0.29, 0.717) is 5.92 Å². The number of carbonyl (C=O) groups is 1. The minimum absolute atomic E-state index is 0.0365.